The van der Waals surface area contributed by atoms with Crippen molar-refractivity contribution >= 4 is 0 Å². The molecule has 0 radical (unpaired) electrons. The first kappa shape index (κ1) is 13.4. The molecule has 0 aromatic heterocycles. The van der Waals surface area contributed by atoms with E-state index in [1.165, 1.54) is 0 Å². The molecule has 1 aromatic rings. The van der Waals surface area contributed by atoms with Crippen LogP contribution in [0.5, 0.6) is 5.75 Å². The van der Waals surface area contributed by atoms with E-state index in [1.54, 1.807) is 6.07 Å². The van der Waals surface area contributed by atoms with Gasteiger partial charge in [-0.2, -0.15) is 0 Å². The second kappa shape index (κ2) is 5.72. The second-order valence-electron chi connectivity index (χ2n) is 5.46. The van der Waals surface area contributed by atoms with Gasteiger partial charge in [-0.15, -0.1) is 0 Å². The summed E-state index contributed by atoms with van der Waals surface area (Å²) in [5.74, 6) is 0.329. The number of phenols is 1. The highest BCUT2D eigenvalue weighted by Crippen LogP contribution is 2.27. The van der Waals surface area contributed by atoms with Crippen LogP contribution in [-0.2, 0) is 4.74 Å². The van der Waals surface area contributed by atoms with E-state index in [2.05, 4.69) is 26.1 Å². The van der Waals surface area contributed by atoms with Crippen molar-refractivity contribution in [3.05, 3.63) is 29.8 Å². The van der Waals surface area contributed by atoms with E-state index < -0.39 is 0 Å². The molecule has 0 heterocycles. The van der Waals surface area contributed by atoms with Gasteiger partial charge in [-0.3, -0.25) is 0 Å². The lowest BCUT2D eigenvalue weighted by Crippen LogP contribution is -2.46. The Hall–Kier alpha value is -1.06. The van der Waals surface area contributed by atoms with Gasteiger partial charge in [-0.1, -0.05) is 12.1 Å². The Balaban J connectivity index is 1.78. The van der Waals surface area contributed by atoms with Crippen molar-refractivity contribution in [2.45, 2.75) is 57.9 Å². The highest BCUT2D eigenvalue weighted by atomic mass is 16.5. The molecule has 0 saturated heterocycles. The third-order valence-corrected chi connectivity index (χ3v) is 3.42. The van der Waals surface area contributed by atoms with Gasteiger partial charge in [0.25, 0.3) is 0 Å². The average molecular weight is 249 g/mol. The fraction of sp³-hybridized carbons (Fsp3) is 0.600. The molecule has 1 aliphatic carbocycles. The summed E-state index contributed by atoms with van der Waals surface area (Å²) in [6, 6.07) is 8.24. The molecule has 0 unspecified atom stereocenters. The number of hydrogen-bond donors (Lipinski definition) is 2. The van der Waals surface area contributed by atoms with Crippen LogP contribution in [0.4, 0.5) is 0 Å². The number of phenolic OH excluding ortho intramolecular Hbond substituents is 1. The van der Waals surface area contributed by atoms with E-state index in [0.717, 1.165) is 18.4 Å². The number of nitrogens with one attached hydrogen (secondary N) is 1. The highest BCUT2D eigenvalue weighted by molar-refractivity contribution is 5.29. The minimum atomic E-state index is 0.266. The van der Waals surface area contributed by atoms with Crippen molar-refractivity contribution in [1.29, 1.82) is 0 Å². The Labute approximate surface area is 109 Å². The number of aromatic hydroxyl groups is 1. The highest BCUT2D eigenvalue weighted by Gasteiger charge is 2.31. The van der Waals surface area contributed by atoms with E-state index in [-0.39, 0.29) is 6.04 Å². The van der Waals surface area contributed by atoms with Crippen LogP contribution in [0.15, 0.2) is 24.3 Å². The Bertz CT molecular complexity index is 386. The van der Waals surface area contributed by atoms with Gasteiger partial charge in [0.15, 0.2) is 0 Å². The molecule has 2 rings (SSSR count). The molecule has 2 N–H and O–H groups in total. The standard InChI is InChI=1S/C15H23NO2/c1-10(2)18-15-8-13(9-15)16-11(3)12-5-4-6-14(17)7-12/h4-7,10-11,13,15-17H,8-9H2,1-3H3/t11-,13?,15?/m1/s1. The average Bonchev–Trinajstić information content (AvgIpc) is 2.25. The van der Waals surface area contributed by atoms with Crippen molar-refractivity contribution in [2.24, 2.45) is 0 Å². The van der Waals surface area contributed by atoms with Crippen molar-refractivity contribution in [1.82, 2.24) is 5.32 Å². The lowest BCUT2D eigenvalue weighted by Gasteiger charge is -2.38. The molecule has 3 heteroatoms. The van der Waals surface area contributed by atoms with Crippen LogP contribution in [0.3, 0.4) is 0 Å². The predicted molar refractivity (Wildman–Crippen MR) is 72.7 cm³/mol. The van der Waals surface area contributed by atoms with Crippen LogP contribution in [0, 0.1) is 0 Å². The number of benzene rings is 1. The molecule has 1 aliphatic rings. The molecule has 1 aromatic carbocycles. The van der Waals surface area contributed by atoms with Gasteiger partial charge >= 0.3 is 0 Å². The zero-order valence-corrected chi connectivity index (χ0v) is 11.4. The summed E-state index contributed by atoms with van der Waals surface area (Å²) in [4.78, 5) is 0. The van der Waals surface area contributed by atoms with Gasteiger partial charge < -0.3 is 15.2 Å². The quantitative estimate of drug-likeness (QED) is 0.843. The van der Waals surface area contributed by atoms with Crippen molar-refractivity contribution in [3.8, 4) is 5.75 Å². The first-order chi connectivity index (χ1) is 8.54. The Morgan fingerprint density at radius 3 is 2.61 bits per heavy atom. The Kier molecular flexibility index (Phi) is 4.25. The van der Waals surface area contributed by atoms with Crippen LogP contribution >= 0.6 is 0 Å². The van der Waals surface area contributed by atoms with E-state index in [1.807, 2.05) is 18.2 Å². The van der Waals surface area contributed by atoms with Gasteiger partial charge in [-0.25, -0.2) is 0 Å². The number of ether oxygens (including phenoxy) is 1. The maximum atomic E-state index is 9.46. The summed E-state index contributed by atoms with van der Waals surface area (Å²) in [5.41, 5.74) is 1.13. The zero-order valence-electron chi connectivity index (χ0n) is 11.4. The van der Waals surface area contributed by atoms with Gasteiger partial charge in [0, 0.05) is 12.1 Å². The van der Waals surface area contributed by atoms with E-state index in [0.29, 0.717) is 24.0 Å². The summed E-state index contributed by atoms with van der Waals surface area (Å²) in [6.07, 6.45) is 2.90. The Morgan fingerprint density at radius 1 is 1.28 bits per heavy atom. The first-order valence-electron chi connectivity index (χ1n) is 6.75. The normalized spacial score (nSPS) is 24.9. The third-order valence-electron chi connectivity index (χ3n) is 3.42. The van der Waals surface area contributed by atoms with Crippen LogP contribution in [0.2, 0.25) is 0 Å². The van der Waals surface area contributed by atoms with Gasteiger partial charge in [-0.05, 0) is 51.3 Å². The molecule has 18 heavy (non-hydrogen) atoms. The summed E-state index contributed by atoms with van der Waals surface area (Å²) < 4.78 is 5.74. The fourth-order valence-corrected chi connectivity index (χ4v) is 2.44. The molecule has 1 atom stereocenters. The molecule has 0 aliphatic heterocycles. The van der Waals surface area contributed by atoms with Crippen molar-refractivity contribution < 1.29 is 9.84 Å². The van der Waals surface area contributed by atoms with E-state index in [4.69, 9.17) is 4.74 Å². The smallest absolute Gasteiger partial charge is 0.115 e. The lowest BCUT2D eigenvalue weighted by molar-refractivity contribution is -0.0512. The summed E-state index contributed by atoms with van der Waals surface area (Å²) in [5, 5.41) is 13.0. The lowest BCUT2D eigenvalue weighted by atomic mass is 9.88. The molecule has 3 nitrogen and oxygen atoms in total. The number of rotatable bonds is 5. The minimum Gasteiger partial charge on any atom is -0.508 e. The maximum absolute atomic E-state index is 9.46. The van der Waals surface area contributed by atoms with Gasteiger partial charge in [0.05, 0.1) is 12.2 Å². The molecule has 0 amide bonds. The molecule has 1 saturated carbocycles. The van der Waals surface area contributed by atoms with E-state index in [9.17, 15) is 5.11 Å². The molecule has 0 spiro atoms. The molecule has 1 fully saturated rings. The summed E-state index contributed by atoms with van der Waals surface area (Å²) >= 11 is 0. The SMILES string of the molecule is CC(C)OC1CC(N[C@H](C)c2cccc(O)c2)C1. The first-order valence-corrected chi connectivity index (χ1v) is 6.75. The predicted octanol–water partition coefficient (Wildman–Crippen LogP) is 3.00. The van der Waals surface area contributed by atoms with Gasteiger partial charge in [0.2, 0.25) is 0 Å². The van der Waals surface area contributed by atoms with Crippen LogP contribution in [0.1, 0.15) is 45.2 Å². The van der Waals surface area contributed by atoms with Gasteiger partial charge in [0.1, 0.15) is 5.75 Å². The maximum Gasteiger partial charge on any atom is 0.115 e. The van der Waals surface area contributed by atoms with Crippen LogP contribution < -0.4 is 5.32 Å². The topological polar surface area (TPSA) is 41.5 Å². The van der Waals surface area contributed by atoms with Crippen molar-refractivity contribution in [3.63, 3.8) is 0 Å². The summed E-state index contributed by atoms with van der Waals surface area (Å²) in [7, 11) is 0. The summed E-state index contributed by atoms with van der Waals surface area (Å²) in [6.45, 7) is 6.29. The Morgan fingerprint density at radius 2 is 2.00 bits per heavy atom. The van der Waals surface area contributed by atoms with Crippen molar-refractivity contribution in [2.75, 3.05) is 0 Å². The van der Waals surface area contributed by atoms with Crippen LogP contribution in [0.25, 0.3) is 0 Å². The third kappa shape index (κ3) is 3.47. The fourth-order valence-electron chi connectivity index (χ4n) is 2.44. The van der Waals surface area contributed by atoms with Crippen LogP contribution in [-0.4, -0.2) is 23.4 Å². The molecular formula is C15H23NO2. The second-order valence-corrected chi connectivity index (χ2v) is 5.46. The molecule has 100 valence electrons. The molecule has 0 bridgehead atoms. The minimum absolute atomic E-state index is 0.266. The largest absolute Gasteiger partial charge is 0.508 e. The monoisotopic (exact) mass is 249 g/mol. The molecular weight excluding hydrogens is 226 g/mol. The number of hydrogen-bond acceptors (Lipinski definition) is 3. The van der Waals surface area contributed by atoms with E-state index >= 15 is 0 Å². The zero-order chi connectivity index (χ0) is 13.1.